The second-order valence-electron chi connectivity index (χ2n) is 7.58. The molecule has 0 aliphatic rings. The summed E-state index contributed by atoms with van der Waals surface area (Å²) in [6.45, 7) is 5.45. The van der Waals surface area contributed by atoms with Crippen LogP contribution in [0.1, 0.15) is 32.4 Å². The summed E-state index contributed by atoms with van der Waals surface area (Å²) in [6.07, 6.45) is 0. The van der Waals surface area contributed by atoms with Gasteiger partial charge >= 0.3 is 0 Å². The third-order valence-electron chi connectivity index (χ3n) is 5.26. The van der Waals surface area contributed by atoms with Gasteiger partial charge in [-0.1, -0.05) is 18.2 Å². The van der Waals surface area contributed by atoms with Crippen LogP contribution in [-0.4, -0.2) is 38.8 Å². The standard InChI is InChI=1S/C23H24N4O2S/c1-15-11-19(16(2)27(15)12-17-7-6-10-30-17)21(28)13-26(3)14-22-24-20-9-5-4-8-18(20)23(29)25-22/h4-11H,12-14H2,1-3H3,(H,24,25,29). The number of benzene rings is 1. The molecule has 0 aliphatic heterocycles. The summed E-state index contributed by atoms with van der Waals surface area (Å²) < 4.78 is 2.18. The highest BCUT2D eigenvalue weighted by Crippen LogP contribution is 2.20. The Balaban J connectivity index is 1.48. The summed E-state index contributed by atoms with van der Waals surface area (Å²) in [7, 11) is 1.86. The lowest BCUT2D eigenvalue weighted by molar-refractivity contribution is 0.0941. The maximum absolute atomic E-state index is 13.0. The maximum atomic E-state index is 13.0. The summed E-state index contributed by atoms with van der Waals surface area (Å²) >= 11 is 1.72. The Labute approximate surface area is 178 Å². The van der Waals surface area contributed by atoms with Crippen LogP contribution in [-0.2, 0) is 13.1 Å². The molecule has 1 N–H and O–H groups in total. The van der Waals surface area contributed by atoms with E-state index in [9.17, 15) is 9.59 Å². The molecule has 0 bridgehead atoms. The lowest BCUT2D eigenvalue weighted by Crippen LogP contribution is -2.28. The Morgan fingerprint density at radius 3 is 2.77 bits per heavy atom. The van der Waals surface area contributed by atoms with Crippen molar-refractivity contribution in [3.63, 3.8) is 0 Å². The number of fused-ring (bicyclic) bond motifs is 1. The zero-order chi connectivity index (χ0) is 21.3. The van der Waals surface area contributed by atoms with Gasteiger partial charge in [-0.2, -0.15) is 0 Å². The Morgan fingerprint density at radius 2 is 2.00 bits per heavy atom. The van der Waals surface area contributed by atoms with E-state index in [0.717, 1.165) is 23.5 Å². The molecule has 1 aromatic carbocycles. The van der Waals surface area contributed by atoms with E-state index >= 15 is 0 Å². The average Bonchev–Trinajstić information content (AvgIpc) is 3.31. The monoisotopic (exact) mass is 420 g/mol. The van der Waals surface area contributed by atoms with E-state index in [-0.39, 0.29) is 17.9 Å². The van der Waals surface area contributed by atoms with Gasteiger partial charge in [0, 0.05) is 21.8 Å². The van der Waals surface area contributed by atoms with Crippen molar-refractivity contribution in [3.8, 4) is 0 Å². The SMILES string of the molecule is Cc1cc(C(=O)CN(C)Cc2nc3ccccc3c(=O)[nH]2)c(C)n1Cc1cccs1. The molecule has 0 unspecified atom stereocenters. The van der Waals surface area contributed by atoms with Crippen molar-refractivity contribution in [2.45, 2.75) is 26.9 Å². The average molecular weight is 421 g/mol. The first-order chi connectivity index (χ1) is 14.4. The number of aromatic nitrogens is 3. The molecule has 0 radical (unpaired) electrons. The normalized spacial score (nSPS) is 11.5. The number of ketones is 1. The van der Waals surface area contributed by atoms with Crippen molar-refractivity contribution in [1.29, 1.82) is 0 Å². The fourth-order valence-electron chi connectivity index (χ4n) is 3.74. The molecule has 7 heteroatoms. The van der Waals surface area contributed by atoms with Crippen molar-refractivity contribution in [2.24, 2.45) is 0 Å². The predicted molar refractivity (Wildman–Crippen MR) is 120 cm³/mol. The molecule has 30 heavy (non-hydrogen) atoms. The van der Waals surface area contributed by atoms with Crippen LogP contribution in [0.4, 0.5) is 0 Å². The first-order valence-corrected chi connectivity index (χ1v) is 10.7. The molecule has 0 saturated carbocycles. The molecule has 0 fully saturated rings. The highest BCUT2D eigenvalue weighted by Gasteiger charge is 2.18. The Morgan fingerprint density at radius 1 is 1.20 bits per heavy atom. The Kier molecular flexibility index (Phi) is 5.65. The van der Waals surface area contributed by atoms with Gasteiger partial charge in [0.1, 0.15) is 5.82 Å². The van der Waals surface area contributed by atoms with E-state index in [1.807, 2.05) is 56.1 Å². The topological polar surface area (TPSA) is 71.0 Å². The van der Waals surface area contributed by atoms with Crippen molar-refractivity contribution in [1.82, 2.24) is 19.4 Å². The number of Topliss-reactive ketones (excluding diaryl/α,β-unsaturated/α-hetero) is 1. The van der Waals surface area contributed by atoms with E-state index in [1.54, 1.807) is 17.4 Å². The number of H-pyrrole nitrogens is 1. The van der Waals surface area contributed by atoms with Crippen LogP contribution in [0.5, 0.6) is 0 Å². The Bertz CT molecular complexity index is 1250. The number of rotatable bonds is 7. The number of carbonyl (C=O) groups excluding carboxylic acids is 1. The van der Waals surface area contributed by atoms with Crippen LogP contribution in [0.25, 0.3) is 10.9 Å². The summed E-state index contributed by atoms with van der Waals surface area (Å²) in [4.78, 5) is 35.7. The number of likely N-dealkylation sites (N-methyl/N-ethyl adjacent to an activating group) is 1. The number of hydrogen-bond acceptors (Lipinski definition) is 5. The van der Waals surface area contributed by atoms with Crippen LogP contribution in [0, 0.1) is 13.8 Å². The van der Waals surface area contributed by atoms with Crippen molar-refractivity contribution in [2.75, 3.05) is 13.6 Å². The number of nitrogens with one attached hydrogen (secondary N) is 1. The van der Waals surface area contributed by atoms with Crippen LogP contribution in [0.15, 0.2) is 52.6 Å². The van der Waals surface area contributed by atoms with Crippen molar-refractivity contribution in [3.05, 3.63) is 85.9 Å². The van der Waals surface area contributed by atoms with E-state index in [1.165, 1.54) is 4.88 Å². The van der Waals surface area contributed by atoms with Crippen molar-refractivity contribution < 1.29 is 4.79 Å². The number of nitrogens with zero attached hydrogens (tertiary/aromatic N) is 3. The van der Waals surface area contributed by atoms with E-state index in [2.05, 4.69) is 26.0 Å². The van der Waals surface area contributed by atoms with Crippen LogP contribution in [0.3, 0.4) is 0 Å². The molecule has 0 amide bonds. The highest BCUT2D eigenvalue weighted by molar-refractivity contribution is 7.09. The summed E-state index contributed by atoms with van der Waals surface area (Å²) in [6, 6.07) is 13.4. The largest absolute Gasteiger partial charge is 0.343 e. The summed E-state index contributed by atoms with van der Waals surface area (Å²) in [5, 5.41) is 2.63. The van der Waals surface area contributed by atoms with Gasteiger partial charge in [-0.25, -0.2) is 4.98 Å². The fourth-order valence-corrected chi connectivity index (χ4v) is 4.43. The molecule has 4 aromatic rings. The zero-order valence-electron chi connectivity index (χ0n) is 17.3. The molecule has 154 valence electrons. The van der Waals surface area contributed by atoms with Crippen molar-refractivity contribution >= 4 is 28.0 Å². The second kappa shape index (κ2) is 8.38. The highest BCUT2D eigenvalue weighted by atomic mass is 32.1. The van der Waals surface area contributed by atoms with E-state index in [4.69, 9.17) is 0 Å². The van der Waals surface area contributed by atoms with Gasteiger partial charge in [0.25, 0.3) is 5.56 Å². The molecular weight excluding hydrogens is 396 g/mol. The molecule has 0 spiro atoms. The second-order valence-corrected chi connectivity index (χ2v) is 8.61. The molecule has 6 nitrogen and oxygen atoms in total. The molecule has 3 heterocycles. The minimum absolute atomic E-state index is 0.0613. The van der Waals surface area contributed by atoms with Gasteiger partial charge in [-0.05, 0) is 50.5 Å². The Hall–Kier alpha value is -3.03. The zero-order valence-corrected chi connectivity index (χ0v) is 18.1. The number of carbonyl (C=O) groups is 1. The number of aryl methyl sites for hydroxylation is 1. The number of aromatic amines is 1. The molecule has 0 aliphatic carbocycles. The first kappa shape index (κ1) is 20.3. The molecule has 3 aromatic heterocycles. The molecule has 0 atom stereocenters. The summed E-state index contributed by atoms with van der Waals surface area (Å²) in [5.74, 6) is 0.614. The number of para-hydroxylation sites is 1. The van der Waals surface area contributed by atoms with E-state index in [0.29, 0.717) is 23.3 Å². The fraction of sp³-hybridized carbons (Fsp3) is 0.261. The third kappa shape index (κ3) is 4.13. The first-order valence-electron chi connectivity index (χ1n) is 9.81. The minimum atomic E-state index is -0.160. The lowest BCUT2D eigenvalue weighted by Gasteiger charge is -2.15. The maximum Gasteiger partial charge on any atom is 0.258 e. The van der Waals surface area contributed by atoms with Crippen LogP contribution >= 0.6 is 11.3 Å². The van der Waals surface area contributed by atoms with Gasteiger partial charge in [-0.3, -0.25) is 14.5 Å². The molecular formula is C23H24N4O2S. The van der Waals surface area contributed by atoms with Crippen LogP contribution in [0.2, 0.25) is 0 Å². The molecule has 0 saturated heterocycles. The lowest BCUT2D eigenvalue weighted by atomic mass is 10.1. The smallest absolute Gasteiger partial charge is 0.258 e. The number of thiophene rings is 1. The van der Waals surface area contributed by atoms with Gasteiger partial charge in [0.05, 0.1) is 30.5 Å². The summed E-state index contributed by atoms with van der Waals surface area (Å²) in [5.41, 5.74) is 3.31. The van der Waals surface area contributed by atoms with Gasteiger partial charge in [-0.15, -0.1) is 11.3 Å². The molecule has 4 rings (SSSR count). The predicted octanol–water partition coefficient (Wildman–Crippen LogP) is 3.77. The quantitative estimate of drug-likeness (QED) is 0.462. The van der Waals surface area contributed by atoms with Crippen LogP contribution < -0.4 is 5.56 Å². The minimum Gasteiger partial charge on any atom is -0.343 e. The van der Waals surface area contributed by atoms with Gasteiger partial charge < -0.3 is 9.55 Å². The third-order valence-corrected chi connectivity index (χ3v) is 6.12. The van der Waals surface area contributed by atoms with Gasteiger partial charge in [0.2, 0.25) is 0 Å². The van der Waals surface area contributed by atoms with E-state index < -0.39 is 0 Å². The van der Waals surface area contributed by atoms with Gasteiger partial charge in [0.15, 0.2) is 5.78 Å². The number of hydrogen-bond donors (Lipinski definition) is 1.